The first kappa shape index (κ1) is 22.2. The number of aromatic nitrogens is 4. The third-order valence-electron chi connectivity index (χ3n) is 4.45. The standard InChI is InChI=1S/C20H21F3N6O2/c1-2-13-4-6-24-16(7-13)19(31)26-11-15-12-29-17(28-15)8-14(10-27-29)9-25-18(30)3-5-20(21,22)23/h4,6-8,10,12H,2-3,5,9,11H2,1H3,(H,25,30)(H,26,31). The summed E-state index contributed by atoms with van der Waals surface area (Å²) in [6.07, 6.45) is -0.628. The Kier molecular flexibility index (Phi) is 6.83. The van der Waals surface area contributed by atoms with Gasteiger partial charge in [0.15, 0.2) is 5.65 Å². The minimum Gasteiger partial charge on any atom is -0.352 e. The van der Waals surface area contributed by atoms with E-state index in [-0.39, 0.29) is 19.0 Å². The second-order valence-electron chi connectivity index (χ2n) is 6.88. The fraction of sp³-hybridized carbons (Fsp3) is 0.350. The van der Waals surface area contributed by atoms with Gasteiger partial charge in [-0.15, -0.1) is 0 Å². The van der Waals surface area contributed by atoms with Crippen LogP contribution in [0.15, 0.2) is 36.8 Å². The molecule has 0 aromatic carbocycles. The number of amides is 2. The van der Waals surface area contributed by atoms with Crippen LogP contribution >= 0.6 is 0 Å². The molecule has 11 heteroatoms. The number of halogens is 3. The van der Waals surface area contributed by atoms with Crippen molar-refractivity contribution in [2.75, 3.05) is 0 Å². The molecule has 0 atom stereocenters. The zero-order valence-corrected chi connectivity index (χ0v) is 16.7. The van der Waals surface area contributed by atoms with Crippen LogP contribution in [0, 0.1) is 0 Å². The van der Waals surface area contributed by atoms with Crippen molar-refractivity contribution in [3.63, 3.8) is 0 Å². The first-order valence-electron chi connectivity index (χ1n) is 9.63. The lowest BCUT2D eigenvalue weighted by molar-refractivity contribution is -0.144. The van der Waals surface area contributed by atoms with E-state index in [0.29, 0.717) is 22.6 Å². The number of carbonyl (C=O) groups is 2. The molecule has 0 bridgehead atoms. The highest BCUT2D eigenvalue weighted by Gasteiger charge is 2.27. The minimum absolute atomic E-state index is 0.0402. The summed E-state index contributed by atoms with van der Waals surface area (Å²) in [6, 6.07) is 5.24. The van der Waals surface area contributed by atoms with Gasteiger partial charge in [-0.2, -0.15) is 18.3 Å². The molecular weight excluding hydrogens is 413 g/mol. The molecule has 2 N–H and O–H groups in total. The normalized spacial score (nSPS) is 11.5. The lowest BCUT2D eigenvalue weighted by Crippen LogP contribution is -2.24. The van der Waals surface area contributed by atoms with Gasteiger partial charge in [0, 0.05) is 19.2 Å². The van der Waals surface area contributed by atoms with E-state index in [9.17, 15) is 22.8 Å². The third kappa shape index (κ3) is 6.49. The maximum Gasteiger partial charge on any atom is 0.389 e. The van der Waals surface area contributed by atoms with Crippen molar-refractivity contribution in [1.82, 2.24) is 30.2 Å². The number of fused-ring (bicyclic) bond motifs is 1. The second kappa shape index (κ2) is 9.54. The lowest BCUT2D eigenvalue weighted by Gasteiger charge is -2.07. The smallest absolute Gasteiger partial charge is 0.352 e. The van der Waals surface area contributed by atoms with E-state index in [1.54, 1.807) is 24.5 Å². The van der Waals surface area contributed by atoms with Crippen molar-refractivity contribution in [2.45, 2.75) is 45.5 Å². The summed E-state index contributed by atoms with van der Waals surface area (Å²) >= 11 is 0. The highest BCUT2D eigenvalue weighted by Crippen LogP contribution is 2.21. The van der Waals surface area contributed by atoms with Gasteiger partial charge in [-0.3, -0.25) is 14.6 Å². The van der Waals surface area contributed by atoms with E-state index in [1.165, 1.54) is 10.7 Å². The Labute approximate surface area is 175 Å². The molecule has 0 aliphatic heterocycles. The number of aryl methyl sites for hydroxylation is 1. The molecule has 0 saturated heterocycles. The maximum absolute atomic E-state index is 12.3. The van der Waals surface area contributed by atoms with Gasteiger partial charge in [-0.1, -0.05) is 6.92 Å². The summed E-state index contributed by atoms with van der Waals surface area (Å²) < 4.78 is 38.0. The van der Waals surface area contributed by atoms with E-state index in [4.69, 9.17) is 0 Å². The summed E-state index contributed by atoms with van der Waals surface area (Å²) in [5.41, 5.74) is 2.98. The maximum atomic E-state index is 12.3. The van der Waals surface area contributed by atoms with Crippen LogP contribution in [-0.4, -0.2) is 37.6 Å². The third-order valence-corrected chi connectivity index (χ3v) is 4.45. The predicted molar refractivity (Wildman–Crippen MR) is 105 cm³/mol. The minimum atomic E-state index is -4.37. The van der Waals surface area contributed by atoms with Gasteiger partial charge in [0.25, 0.3) is 5.91 Å². The molecule has 0 fully saturated rings. The topological polar surface area (TPSA) is 101 Å². The molecule has 8 nitrogen and oxygen atoms in total. The molecule has 0 aliphatic carbocycles. The Morgan fingerprint density at radius 3 is 2.68 bits per heavy atom. The molecule has 2 amide bonds. The SMILES string of the molecule is CCc1ccnc(C(=O)NCc2cn3ncc(CNC(=O)CCC(F)(F)F)cc3n2)c1. The van der Waals surface area contributed by atoms with Gasteiger partial charge in [0.2, 0.25) is 5.91 Å². The largest absolute Gasteiger partial charge is 0.389 e. The molecule has 0 aliphatic rings. The molecule has 31 heavy (non-hydrogen) atoms. The summed E-state index contributed by atoms with van der Waals surface area (Å²) in [6.45, 7) is 2.20. The summed E-state index contributed by atoms with van der Waals surface area (Å²) in [4.78, 5) is 32.3. The fourth-order valence-electron chi connectivity index (χ4n) is 2.77. The molecule has 0 saturated carbocycles. The van der Waals surface area contributed by atoms with Crippen molar-refractivity contribution in [1.29, 1.82) is 0 Å². The van der Waals surface area contributed by atoms with E-state index < -0.39 is 24.9 Å². The van der Waals surface area contributed by atoms with Gasteiger partial charge in [0.1, 0.15) is 5.69 Å². The first-order valence-corrected chi connectivity index (χ1v) is 9.63. The zero-order valence-electron chi connectivity index (χ0n) is 16.7. The number of rotatable bonds is 8. The number of carbonyl (C=O) groups excluding carboxylic acids is 2. The van der Waals surface area contributed by atoms with E-state index in [0.717, 1.165) is 12.0 Å². The lowest BCUT2D eigenvalue weighted by atomic mass is 10.2. The Morgan fingerprint density at radius 1 is 1.13 bits per heavy atom. The first-order chi connectivity index (χ1) is 14.7. The van der Waals surface area contributed by atoms with Crippen LogP contribution < -0.4 is 10.6 Å². The average molecular weight is 434 g/mol. The number of nitrogens with zero attached hydrogens (tertiary/aromatic N) is 4. The molecule has 0 spiro atoms. The predicted octanol–water partition coefficient (Wildman–Crippen LogP) is 2.58. The molecule has 3 rings (SSSR count). The van der Waals surface area contributed by atoms with Crippen LogP contribution in [0.2, 0.25) is 0 Å². The molecule has 164 valence electrons. The van der Waals surface area contributed by atoms with Crippen LogP contribution in [0.25, 0.3) is 5.65 Å². The van der Waals surface area contributed by atoms with Crippen LogP contribution in [0.5, 0.6) is 0 Å². The van der Waals surface area contributed by atoms with Crippen LogP contribution in [0.4, 0.5) is 13.2 Å². The molecule has 3 aromatic rings. The number of hydrogen-bond donors (Lipinski definition) is 2. The van der Waals surface area contributed by atoms with Gasteiger partial charge < -0.3 is 10.6 Å². The molecule has 0 unspecified atom stereocenters. The average Bonchev–Trinajstić information content (AvgIpc) is 3.16. The monoisotopic (exact) mass is 434 g/mol. The van der Waals surface area contributed by atoms with Crippen LogP contribution in [0.3, 0.4) is 0 Å². The van der Waals surface area contributed by atoms with Crippen LogP contribution in [-0.2, 0) is 24.3 Å². The number of imidazole rings is 1. The van der Waals surface area contributed by atoms with Crippen LogP contribution in [0.1, 0.15) is 47.1 Å². The van der Waals surface area contributed by atoms with Crippen molar-refractivity contribution in [3.05, 3.63) is 59.3 Å². The van der Waals surface area contributed by atoms with Crippen molar-refractivity contribution in [3.8, 4) is 0 Å². The molecular formula is C20H21F3N6O2. The second-order valence-corrected chi connectivity index (χ2v) is 6.88. The highest BCUT2D eigenvalue weighted by molar-refractivity contribution is 5.92. The Morgan fingerprint density at radius 2 is 1.94 bits per heavy atom. The van der Waals surface area contributed by atoms with Crippen molar-refractivity contribution in [2.24, 2.45) is 0 Å². The summed E-state index contributed by atoms with van der Waals surface area (Å²) in [5, 5.41) is 9.36. The van der Waals surface area contributed by atoms with Gasteiger partial charge in [-0.05, 0) is 35.7 Å². The van der Waals surface area contributed by atoms with Crippen molar-refractivity contribution < 1.29 is 22.8 Å². The van der Waals surface area contributed by atoms with Gasteiger partial charge in [-0.25, -0.2) is 9.50 Å². The van der Waals surface area contributed by atoms with Crippen molar-refractivity contribution >= 4 is 17.5 Å². The van der Waals surface area contributed by atoms with E-state index >= 15 is 0 Å². The number of alkyl halides is 3. The fourth-order valence-corrected chi connectivity index (χ4v) is 2.77. The van der Waals surface area contributed by atoms with E-state index in [1.807, 2.05) is 13.0 Å². The van der Waals surface area contributed by atoms with E-state index in [2.05, 4.69) is 25.7 Å². The summed E-state index contributed by atoms with van der Waals surface area (Å²) in [7, 11) is 0. The van der Waals surface area contributed by atoms with Gasteiger partial charge in [0.05, 0.1) is 31.1 Å². The number of nitrogens with one attached hydrogen (secondary N) is 2. The number of pyridine rings is 1. The molecule has 0 radical (unpaired) electrons. The number of hydrogen-bond acceptors (Lipinski definition) is 5. The Hall–Kier alpha value is -3.50. The Bertz CT molecular complexity index is 1080. The summed E-state index contributed by atoms with van der Waals surface area (Å²) in [5.74, 6) is -1.01. The zero-order chi connectivity index (χ0) is 22.4. The molecule has 3 heterocycles. The quantitative estimate of drug-likeness (QED) is 0.568. The van der Waals surface area contributed by atoms with Gasteiger partial charge >= 0.3 is 6.18 Å². The molecule has 3 aromatic heterocycles. The Balaban J connectivity index is 1.56. The highest BCUT2D eigenvalue weighted by atomic mass is 19.4.